The topological polar surface area (TPSA) is 110 Å². The minimum Gasteiger partial charge on any atom is -0.360 e. The highest BCUT2D eigenvalue weighted by atomic mass is 32.2. The fraction of sp³-hybridized carbons (Fsp3) is 0.692. The molecule has 1 saturated heterocycles. The van der Waals surface area contributed by atoms with E-state index in [-0.39, 0.29) is 29.7 Å². The van der Waals surface area contributed by atoms with Gasteiger partial charge in [-0.15, -0.1) is 0 Å². The maximum Gasteiger partial charge on any atom is 0.248 e. The van der Waals surface area contributed by atoms with Gasteiger partial charge in [-0.2, -0.15) is 4.31 Å². The van der Waals surface area contributed by atoms with E-state index in [1.807, 2.05) is 0 Å². The molecule has 0 spiro atoms. The highest BCUT2D eigenvalue weighted by Crippen LogP contribution is 2.34. The maximum atomic E-state index is 12.7. The first-order valence-electron chi connectivity index (χ1n) is 7.27. The molecule has 1 aliphatic heterocycles. The summed E-state index contributed by atoms with van der Waals surface area (Å²) in [5, 5.41) is 3.70. The quantitative estimate of drug-likeness (QED) is 0.809. The van der Waals surface area contributed by atoms with E-state index in [0.717, 1.165) is 0 Å². The Labute approximate surface area is 129 Å². The lowest BCUT2D eigenvalue weighted by molar-refractivity contribution is -0.134. The average Bonchev–Trinajstić information content (AvgIpc) is 3.14. The highest BCUT2D eigenvalue weighted by Gasteiger charge is 2.49. The lowest BCUT2D eigenvalue weighted by atomic mass is 10.2. The number of nitrogens with two attached hydrogens (primary N) is 1. The number of hydrogen-bond acceptors (Lipinski definition) is 6. The Morgan fingerprint density at radius 1 is 1.23 bits per heavy atom. The Kier molecular flexibility index (Phi) is 3.54. The van der Waals surface area contributed by atoms with E-state index < -0.39 is 15.6 Å². The minimum absolute atomic E-state index is 0.0677. The van der Waals surface area contributed by atoms with Crippen LogP contribution in [0.2, 0.25) is 0 Å². The van der Waals surface area contributed by atoms with Gasteiger partial charge in [-0.05, 0) is 26.7 Å². The Bertz CT molecular complexity index is 680. The van der Waals surface area contributed by atoms with Gasteiger partial charge in [0.05, 0.1) is 5.54 Å². The van der Waals surface area contributed by atoms with Gasteiger partial charge in [-0.25, -0.2) is 8.42 Å². The lowest BCUT2D eigenvalue weighted by Gasteiger charge is -2.35. The number of carbonyl (C=O) groups is 1. The summed E-state index contributed by atoms with van der Waals surface area (Å²) in [5.74, 6) is 0.219. The molecule has 1 aliphatic carbocycles. The Morgan fingerprint density at radius 3 is 2.27 bits per heavy atom. The third-order valence-electron chi connectivity index (χ3n) is 4.31. The van der Waals surface area contributed by atoms with Gasteiger partial charge in [0.2, 0.25) is 15.9 Å². The van der Waals surface area contributed by atoms with Gasteiger partial charge in [-0.1, -0.05) is 5.16 Å². The van der Waals surface area contributed by atoms with Crippen molar-refractivity contribution >= 4 is 15.9 Å². The van der Waals surface area contributed by atoms with E-state index in [1.54, 1.807) is 18.7 Å². The largest absolute Gasteiger partial charge is 0.360 e. The molecule has 3 rings (SSSR count). The van der Waals surface area contributed by atoms with E-state index >= 15 is 0 Å². The molecule has 122 valence electrons. The first-order valence-corrected chi connectivity index (χ1v) is 8.71. The monoisotopic (exact) mass is 328 g/mol. The summed E-state index contributed by atoms with van der Waals surface area (Å²) in [5.41, 5.74) is 5.57. The van der Waals surface area contributed by atoms with Gasteiger partial charge in [0, 0.05) is 26.2 Å². The second kappa shape index (κ2) is 5.04. The van der Waals surface area contributed by atoms with Crippen LogP contribution in [-0.4, -0.2) is 60.4 Å². The molecule has 1 aromatic rings. The zero-order chi connectivity index (χ0) is 16.1. The summed E-state index contributed by atoms with van der Waals surface area (Å²) in [6, 6.07) is 0. The van der Waals surface area contributed by atoms with Gasteiger partial charge in [-0.3, -0.25) is 4.79 Å². The predicted molar refractivity (Wildman–Crippen MR) is 77.5 cm³/mol. The maximum absolute atomic E-state index is 12.7. The number of aryl methyl sites for hydroxylation is 2. The molecule has 0 radical (unpaired) electrons. The summed E-state index contributed by atoms with van der Waals surface area (Å²) in [6.07, 6.45) is 1.42. The summed E-state index contributed by atoms with van der Waals surface area (Å²) >= 11 is 0. The summed E-state index contributed by atoms with van der Waals surface area (Å²) in [7, 11) is -3.64. The van der Waals surface area contributed by atoms with E-state index in [4.69, 9.17) is 10.3 Å². The van der Waals surface area contributed by atoms with Crippen LogP contribution in [-0.2, 0) is 14.8 Å². The Balaban J connectivity index is 1.72. The fourth-order valence-corrected chi connectivity index (χ4v) is 4.48. The van der Waals surface area contributed by atoms with Crippen molar-refractivity contribution in [1.82, 2.24) is 14.4 Å². The second-order valence-corrected chi connectivity index (χ2v) is 7.88. The zero-order valence-electron chi connectivity index (χ0n) is 12.7. The molecule has 1 aromatic heterocycles. The zero-order valence-corrected chi connectivity index (χ0v) is 13.5. The van der Waals surface area contributed by atoms with Crippen LogP contribution in [0.5, 0.6) is 0 Å². The molecule has 0 unspecified atom stereocenters. The van der Waals surface area contributed by atoms with Gasteiger partial charge in [0.25, 0.3) is 0 Å². The first kappa shape index (κ1) is 15.4. The standard InChI is InChI=1S/C13H20N4O4S/c1-9-11(10(2)21-15-9)22(19,20)17-7-5-16(6-8-17)12(18)13(14)3-4-13/h3-8,14H2,1-2H3. The normalized spacial score (nSPS) is 21.9. The molecule has 0 aromatic carbocycles. The number of sulfonamides is 1. The average molecular weight is 328 g/mol. The number of amides is 1. The molecule has 2 heterocycles. The van der Waals surface area contributed by atoms with Crippen LogP contribution in [0.25, 0.3) is 0 Å². The van der Waals surface area contributed by atoms with E-state index in [9.17, 15) is 13.2 Å². The number of aromatic nitrogens is 1. The molecule has 1 amide bonds. The van der Waals surface area contributed by atoms with Crippen molar-refractivity contribution in [1.29, 1.82) is 0 Å². The van der Waals surface area contributed by atoms with E-state index in [1.165, 1.54) is 4.31 Å². The fourth-order valence-electron chi connectivity index (χ4n) is 2.77. The summed E-state index contributed by atoms with van der Waals surface area (Å²) in [6.45, 7) is 4.43. The first-order chi connectivity index (χ1) is 10.3. The number of carbonyl (C=O) groups excluding carboxylic acids is 1. The predicted octanol–water partition coefficient (Wildman–Crippen LogP) is -0.384. The SMILES string of the molecule is Cc1noc(C)c1S(=O)(=O)N1CCN(C(=O)C2(N)CC2)CC1. The van der Waals surface area contributed by atoms with Crippen molar-refractivity contribution in [3.8, 4) is 0 Å². The van der Waals surface area contributed by atoms with Gasteiger partial charge in [0.15, 0.2) is 5.76 Å². The second-order valence-electron chi connectivity index (χ2n) is 6.01. The van der Waals surface area contributed by atoms with Crippen molar-refractivity contribution in [2.75, 3.05) is 26.2 Å². The molecular weight excluding hydrogens is 308 g/mol. The van der Waals surface area contributed by atoms with Crippen LogP contribution < -0.4 is 5.73 Å². The molecule has 0 atom stereocenters. The van der Waals surface area contributed by atoms with Gasteiger partial charge < -0.3 is 15.2 Å². The van der Waals surface area contributed by atoms with Gasteiger partial charge >= 0.3 is 0 Å². The number of hydrogen-bond donors (Lipinski definition) is 1. The van der Waals surface area contributed by atoms with Crippen molar-refractivity contribution < 1.29 is 17.7 Å². The third kappa shape index (κ3) is 2.42. The van der Waals surface area contributed by atoms with Crippen LogP contribution in [0.15, 0.2) is 9.42 Å². The molecule has 9 heteroatoms. The number of rotatable bonds is 3. The molecule has 22 heavy (non-hydrogen) atoms. The number of nitrogens with zero attached hydrogens (tertiary/aromatic N) is 3. The molecule has 2 fully saturated rings. The van der Waals surface area contributed by atoms with Gasteiger partial charge in [0.1, 0.15) is 10.6 Å². The molecule has 2 aliphatic rings. The molecule has 8 nitrogen and oxygen atoms in total. The van der Waals surface area contributed by atoms with Crippen LogP contribution in [0.1, 0.15) is 24.3 Å². The van der Waals surface area contributed by atoms with Crippen molar-refractivity contribution in [2.45, 2.75) is 37.1 Å². The highest BCUT2D eigenvalue weighted by molar-refractivity contribution is 7.89. The molecular formula is C13H20N4O4S. The van der Waals surface area contributed by atoms with E-state index in [0.29, 0.717) is 31.6 Å². The van der Waals surface area contributed by atoms with Crippen molar-refractivity contribution in [2.24, 2.45) is 5.73 Å². The van der Waals surface area contributed by atoms with Crippen LogP contribution in [0, 0.1) is 13.8 Å². The number of piperazine rings is 1. The third-order valence-corrected chi connectivity index (χ3v) is 6.45. The van der Waals surface area contributed by atoms with Crippen LogP contribution >= 0.6 is 0 Å². The van der Waals surface area contributed by atoms with Crippen molar-refractivity contribution in [3.63, 3.8) is 0 Å². The summed E-state index contributed by atoms with van der Waals surface area (Å²) in [4.78, 5) is 14.0. The van der Waals surface area contributed by atoms with Crippen LogP contribution in [0.4, 0.5) is 0 Å². The Morgan fingerprint density at radius 2 is 1.82 bits per heavy atom. The van der Waals surface area contributed by atoms with Crippen molar-refractivity contribution in [3.05, 3.63) is 11.5 Å². The smallest absolute Gasteiger partial charge is 0.248 e. The van der Waals surface area contributed by atoms with E-state index in [2.05, 4.69) is 5.16 Å². The van der Waals surface area contributed by atoms with Crippen LogP contribution in [0.3, 0.4) is 0 Å². The lowest BCUT2D eigenvalue weighted by Crippen LogP contribution is -2.55. The summed E-state index contributed by atoms with van der Waals surface area (Å²) < 4.78 is 31.7. The minimum atomic E-state index is -3.64. The molecule has 0 bridgehead atoms. The molecule has 1 saturated carbocycles. The Hall–Kier alpha value is -1.45. The molecule has 2 N–H and O–H groups in total.